The van der Waals surface area contributed by atoms with E-state index < -0.39 is 0 Å². The largest absolute Gasteiger partial charge is 0.460 e. The molecule has 0 aliphatic carbocycles. The number of furan rings is 1. The highest BCUT2D eigenvalue weighted by atomic mass is 79.9. The molecule has 1 unspecified atom stereocenters. The number of hydrogen-bond acceptors (Lipinski definition) is 3. The highest BCUT2D eigenvalue weighted by molar-refractivity contribution is 9.10. The smallest absolute Gasteiger partial charge is 0.134 e. The molecule has 3 nitrogen and oxygen atoms in total. The minimum Gasteiger partial charge on any atom is -0.460 e. The van der Waals surface area contributed by atoms with Crippen molar-refractivity contribution in [2.45, 2.75) is 39.3 Å². The first kappa shape index (κ1) is 16.7. The van der Waals surface area contributed by atoms with Crippen molar-refractivity contribution in [2.75, 3.05) is 19.6 Å². The molecule has 0 saturated carbocycles. The average Bonchev–Trinajstić information content (AvgIpc) is 3.19. The van der Waals surface area contributed by atoms with Gasteiger partial charge in [0.2, 0.25) is 0 Å². The van der Waals surface area contributed by atoms with Gasteiger partial charge in [0.05, 0.1) is 6.54 Å². The molecular weight excluding hydrogens is 352 g/mol. The van der Waals surface area contributed by atoms with Crippen LogP contribution in [-0.2, 0) is 6.54 Å². The molecule has 1 aromatic heterocycles. The molecule has 1 atom stereocenters. The minimum absolute atomic E-state index is 0.684. The van der Waals surface area contributed by atoms with E-state index in [4.69, 9.17) is 4.42 Å². The maximum Gasteiger partial charge on any atom is 0.134 e. The van der Waals surface area contributed by atoms with Crippen LogP contribution in [0.2, 0.25) is 0 Å². The van der Waals surface area contributed by atoms with Crippen molar-refractivity contribution in [3.05, 3.63) is 46.1 Å². The molecule has 2 aromatic rings. The molecular formula is C19H25BrN2O. The van der Waals surface area contributed by atoms with Crippen LogP contribution >= 0.6 is 15.9 Å². The van der Waals surface area contributed by atoms with Crippen LogP contribution in [0.25, 0.3) is 11.3 Å². The van der Waals surface area contributed by atoms with Crippen molar-refractivity contribution in [3.8, 4) is 11.3 Å². The molecule has 0 radical (unpaired) electrons. The lowest BCUT2D eigenvalue weighted by Crippen LogP contribution is -2.37. The van der Waals surface area contributed by atoms with Crippen LogP contribution in [0.3, 0.4) is 0 Å². The van der Waals surface area contributed by atoms with E-state index >= 15 is 0 Å². The fraction of sp³-hybridized carbons (Fsp3) is 0.474. The molecule has 1 N–H and O–H groups in total. The van der Waals surface area contributed by atoms with Crippen molar-refractivity contribution in [3.63, 3.8) is 0 Å². The summed E-state index contributed by atoms with van der Waals surface area (Å²) in [7, 11) is 0. The van der Waals surface area contributed by atoms with Crippen LogP contribution < -0.4 is 5.32 Å². The molecule has 3 rings (SSSR count). The molecule has 0 amide bonds. The number of rotatable bonds is 6. The quantitative estimate of drug-likeness (QED) is 0.798. The van der Waals surface area contributed by atoms with E-state index in [1.807, 2.05) is 0 Å². The predicted molar refractivity (Wildman–Crippen MR) is 98.6 cm³/mol. The molecule has 2 heterocycles. The van der Waals surface area contributed by atoms with Gasteiger partial charge in [-0.1, -0.05) is 28.9 Å². The van der Waals surface area contributed by atoms with Crippen LogP contribution in [0, 0.1) is 6.92 Å². The monoisotopic (exact) mass is 376 g/mol. The Morgan fingerprint density at radius 3 is 2.96 bits per heavy atom. The first-order valence-corrected chi connectivity index (χ1v) is 9.26. The first-order valence-electron chi connectivity index (χ1n) is 8.47. The van der Waals surface area contributed by atoms with Gasteiger partial charge in [-0.25, -0.2) is 0 Å². The summed E-state index contributed by atoms with van der Waals surface area (Å²) in [6.45, 7) is 8.58. The van der Waals surface area contributed by atoms with Gasteiger partial charge in [0, 0.05) is 22.6 Å². The molecule has 1 saturated heterocycles. The highest BCUT2D eigenvalue weighted by Gasteiger charge is 2.22. The van der Waals surface area contributed by atoms with E-state index in [0.29, 0.717) is 6.04 Å². The first-order chi connectivity index (χ1) is 11.2. The van der Waals surface area contributed by atoms with Crippen LogP contribution in [0.1, 0.15) is 31.1 Å². The third kappa shape index (κ3) is 4.06. The summed E-state index contributed by atoms with van der Waals surface area (Å²) >= 11 is 3.54. The van der Waals surface area contributed by atoms with E-state index in [9.17, 15) is 0 Å². The molecule has 1 aliphatic heterocycles. The van der Waals surface area contributed by atoms with Gasteiger partial charge in [-0.05, 0) is 62.7 Å². The molecule has 23 heavy (non-hydrogen) atoms. The second kappa shape index (κ2) is 7.65. The average molecular weight is 377 g/mol. The Morgan fingerprint density at radius 2 is 2.17 bits per heavy atom. The van der Waals surface area contributed by atoms with Crippen molar-refractivity contribution in [1.82, 2.24) is 10.2 Å². The number of likely N-dealkylation sites (tertiary alicyclic amines) is 1. The zero-order valence-electron chi connectivity index (χ0n) is 13.9. The van der Waals surface area contributed by atoms with Gasteiger partial charge in [0.1, 0.15) is 11.5 Å². The molecule has 1 aromatic carbocycles. The summed E-state index contributed by atoms with van der Waals surface area (Å²) in [4.78, 5) is 2.56. The van der Waals surface area contributed by atoms with Crippen molar-refractivity contribution in [2.24, 2.45) is 0 Å². The van der Waals surface area contributed by atoms with Crippen LogP contribution in [-0.4, -0.2) is 30.6 Å². The van der Waals surface area contributed by atoms with E-state index in [2.05, 4.69) is 70.3 Å². The lowest BCUT2D eigenvalue weighted by Gasteiger charge is -2.22. The molecule has 0 spiro atoms. The van der Waals surface area contributed by atoms with Gasteiger partial charge in [-0.3, -0.25) is 4.90 Å². The Balaban J connectivity index is 1.56. The van der Waals surface area contributed by atoms with Crippen LogP contribution in [0.15, 0.2) is 39.2 Å². The zero-order valence-corrected chi connectivity index (χ0v) is 15.5. The summed E-state index contributed by atoms with van der Waals surface area (Å²) in [6.07, 6.45) is 2.64. The molecule has 1 fully saturated rings. The van der Waals surface area contributed by atoms with Gasteiger partial charge in [0.15, 0.2) is 0 Å². The highest BCUT2D eigenvalue weighted by Crippen LogP contribution is 2.26. The molecule has 4 heteroatoms. The Bertz CT molecular complexity index is 653. The van der Waals surface area contributed by atoms with Crippen LogP contribution in [0.4, 0.5) is 0 Å². The summed E-state index contributed by atoms with van der Waals surface area (Å²) in [6, 6.07) is 11.1. The number of halogens is 1. The van der Waals surface area contributed by atoms with Crippen LogP contribution in [0.5, 0.6) is 0 Å². The Kier molecular flexibility index (Phi) is 5.57. The van der Waals surface area contributed by atoms with E-state index in [1.165, 1.54) is 24.9 Å². The van der Waals surface area contributed by atoms with Gasteiger partial charge in [-0.15, -0.1) is 0 Å². The molecule has 1 aliphatic rings. The second-order valence-electron chi connectivity index (χ2n) is 6.29. The van der Waals surface area contributed by atoms with Gasteiger partial charge in [-0.2, -0.15) is 0 Å². The van der Waals surface area contributed by atoms with Crippen molar-refractivity contribution in [1.29, 1.82) is 0 Å². The minimum atomic E-state index is 0.684. The number of benzene rings is 1. The Morgan fingerprint density at radius 1 is 1.30 bits per heavy atom. The maximum atomic E-state index is 5.99. The Hall–Kier alpha value is -1.10. The SMILES string of the molecule is CCN1CCCC1CNCc1ccc(-c2ccc(Br)c(C)c2)o1. The number of nitrogens with zero attached hydrogens (tertiary/aromatic N) is 1. The summed E-state index contributed by atoms with van der Waals surface area (Å²) in [5.74, 6) is 1.94. The summed E-state index contributed by atoms with van der Waals surface area (Å²) in [5, 5.41) is 3.55. The maximum absolute atomic E-state index is 5.99. The lowest BCUT2D eigenvalue weighted by atomic mass is 10.1. The fourth-order valence-corrected chi connectivity index (χ4v) is 3.58. The zero-order chi connectivity index (χ0) is 16.2. The number of hydrogen-bond donors (Lipinski definition) is 1. The van der Waals surface area contributed by atoms with Gasteiger partial charge >= 0.3 is 0 Å². The lowest BCUT2D eigenvalue weighted by molar-refractivity contribution is 0.258. The third-order valence-electron chi connectivity index (χ3n) is 4.69. The van der Waals surface area contributed by atoms with Crippen molar-refractivity contribution < 1.29 is 4.42 Å². The fourth-order valence-electron chi connectivity index (χ4n) is 3.33. The Labute approximate surface area is 147 Å². The number of likely N-dealkylation sites (N-methyl/N-ethyl adjacent to an activating group) is 1. The summed E-state index contributed by atoms with van der Waals surface area (Å²) < 4.78 is 7.12. The third-order valence-corrected chi connectivity index (χ3v) is 5.58. The van der Waals surface area contributed by atoms with Crippen molar-refractivity contribution >= 4 is 15.9 Å². The normalized spacial score (nSPS) is 18.7. The second-order valence-corrected chi connectivity index (χ2v) is 7.14. The standard InChI is InChI=1S/C19H25BrN2O/c1-3-22-10-4-5-16(22)12-21-13-17-7-9-19(23-17)15-6-8-18(20)14(2)11-15/h6-9,11,16,21H,3-5,10,12-13H2,1-2H3. The predicted octanol–water partition coefficient (Wildman–Crippen LogP) is 4.59. The number of aryl methyl sites for hydroxylation is 1. The molecule has 124 valence electrons. The van der Waals surface area contributed by atoms with E-state index in [-0.39, 0.29) is 0 Å². The van der Waals surface area contributed by atoms with E-state index in [0.717, 1.165) is 41.2 Å². The van der Waals surface area contributed by atoms with Gasteiger partial charge in [0.25, 0.3) is 0 Å². The van der Waals surface area contributed by atoms with E-state index in [1.54, 1.807) is 0 Å². The number of nitrogens with one attached hydrogen (secondary N) is 1. The molecule has 0 bridgehead atoms. The van der Waals surface area contributed by atoms with Gasteiger partial charge < -0.3 is 9.73 Å². The summed E-state index contributed by atoms with van der Waals surface area (Å²) in [5.41, 5.74) is 2.35. The topological polar surface area (TPSA) is 28.4 Å².